The Morgan fingerprint density at radius 1 is 1.32 bits per heavy atom. The first-order valence-electron chi connectivity index (χ1n) is 8.64. The lowest BCUT2D eigenvalue weighted by molar-refractivity contribution is -0.137. The maximum atomic E-state index is 12.4. The summed E-state index contributed by atoms with van der Waals surface area (Å²) in [4.78, 5) is 28.4. The van der Waals surface area contributed by atoms with Gasteiger partial charge in [0.2, 0.25) is 11.8 Å². The zero-order valence-corrected chi connectivity index (χ0v) is 14.5. The summed E-state index contributed by atoms with van der Waals surface area (Å²) in [5.41, 5.74) is -0.0865. The maximum Gasteiger partial charge on any atom is 0.239 e. The number of hydrogen-bond donors (Lipinski definition) is 1. The van der Waals surface area contributed by atoms with Gasteiger partial charge in [-0.05, 0) is 52.1 Å². The van der Waals surface area contributed by atoms with Crippen LogP contribution in [0.5, 0.6) is 0 Å². The minimum Gasteiger partial charge on any atom is -0.355 e. The fourth-order valence-electron chi connectivity index (χ4n) is 2.95. The molecule has 1 unspecified atom stereocenters. The molecule has 126 valence electrons. The predicted molar refractivity (Wildman–Crippen MR) is 87.4 cm³/mol. The zero-order valence-electron chi connectivity index (χ0n) is 14.5. The fraction of sp³-hybridized carbons (Fsp3) is 0.882. The average molecular weight is 309 g/mol. The molecule has 5 heteroatoms. The second-order valence-corrected chi connectivity index (χ2v) is 7.29. The van der Waals surface area contributed by atoms with E-state index in [2.05, 4.69) is 17.1 Å². The highest BCUT2D eigenvalue weighted by molar-refractivity contribution is 5.84. The van der Waals surface area contributed by atoms with Crippen LogP contribution < -0.4 is 5.32 Å². The number of amides is 2. The van der Waals surface area contributed by atoms with Gasteiger partial charge in [0.15, 0.2) is 0 Å². The summed E-state index contributed by atoms with van der Waals surface area (Å²) in [6, 6.07) is -0.0453. The van der Waals surface area contributed by atoms with Crippen molar-refractivity contribution in [3.63, 3.8) is 0 Å². The Labute approximate surface area is 134 Å². The van der Waals surface area contributed by atoms with Gasteiger partial charge in [0.05, 0.1) is 6.04 Å². The molecule has 2 fully saturated rings. The zero-order chi connectivity index (χ0) is 16.3. The quantitative estimate of drug-likeness (QED) is 0.808. The van der Waals surface area contributed by atoms with Gasteiger partial charge in [-0.1, -0.05) is 13.8 Å². The predicted octanol–water partition coefficient (Wildman–Crippen LogP) is 1.48. The van der Waals surface area contributed by atoms with Crippen molar-refractivity contribution in [1.82, 2.24) is 15.1 Å². The summed E-state index contributed by atoms with van der Waals surface area (Å²) in [5, 5.41) is 3.10. The van der Waals surface area contributed by atoms with Crippen molar-refractivity contribution in [2.45, 2.75) is 52.5 Å². The first-order valence-corrected chi connectivity index (χ1v) is 8.64. The van der Waals surface area contributed by atoms with Crippen LogP contribution in [-0.2, 0) is 9.59 Å². The van der Waals surface area contributed by atoms with Crippen molar-refractivity contribution in [2.75, 3.05) is 33.2 Å². The van der Waals surface area contributed by atoms with Gasteiger partial charge >= 0.3 is 0 Å². The van der Waals surface area contributed by atoms with Gasteiger partial charge in [0, 0.05) is 25.0 Å². The van der Waals surface area contributed by atoms with E-state index in [-0.39, 0.29) is 23.3 Å². The van der Waals surface area contributed by atoms with Gasteiger partial charge in [-0.15, -0.1) is 0 Å². The van der Waals surface area contributed by atoms with Crippen LogP contribution in [0.2, 0.25) is 0 Å². The summed E-state index contributed by atoms with van der Waals surface area (Å²) in [7, 11) is 1.99. The molecular formula is C17H31N3O2. The van der Waals surface area contributed by atoms with Crippen molar-refractivity contribution < 1.29 is 9.59 Å². The van der Waals surface area contributed by atoms with Crippen LogP contribution in [0.1, 0.15) is 46.5 Å². The van der Waals surface area contributed by atoms with E-state index in [1.807, 2.05) is 25.8 Å². The molecule has 22 heavy (non-hydrogen) atoms. The average Bonchev–Trinajstić information content (AvgIpc) is 3.29. The molecule has 0 bridgehead atoms. The number of carbonyl (C=O) groups excluding carboxylic acids is 2. The van der Waals surface area contributed by atoms with Gasteiger partial charge in [-0.2, -0.15) is 0 Å². The highest BCUT2D eigenvalue weighted by Crippen LogP contribution is 2.45. The van der Waals surface area contributed by atoms with Crippen LogP contribution in [-0.4, -0.2) is 60.9 Å². The van der Waals surface area contributed by atoms with Gasteiger partial charge in [0.25, 0.3) is 0 Å². The Morgan fingerprint density at radius 2 is 1.91 bits per heavy atom. The van der Waals surface area contributed by atoms with Gasteiger partial charge < -0.3 is 10.2 Å². The van der Waals surface area contributed by atoms with E-state index in [9.17, 15) is 9.59 Å². The third-order valence-corrected chi connectivity index (χ3v) is 5.54. The number of likely N-dealkylation sites (tertiary alicyclic amines) is 1. The van der Waals surface area contributed by atoms with Crippen LogP contribution in [0.3, 0.4) is 0 Å². The minimum absolute atomic E-state index is 0.0453. The van der Waals surface area contributed by atoms with Crippen molar-refractivity contribution >= 4 is 11.8 Å². The molecule has 1 N–H and O–H groups in total. The Balaban J connectivity index is 1.71. The van der Waals surface area contributed by atoms with E-state index in [1.54, 1.807) is 0 Å². The Morgan fingerprint density at radius 3 is 2.41 bits per heavy atom. The third-order valence-electron chi connectivity index (χ3n) is 5.54. The lowest BCUT2D eigenvalue weighted by atomic mass is 9.96. The van der Waals surface area contributed by atoms with Crippen molar-refractivity contribution in [3.8, 4) is 0 Å². The lowest BCUT2D eigenvalue weighted by Crippen LogP contribution is -2.49. The molecule has 1 saturated carbocycles. The van der Waals surface area contributed by atoms with E-state index < -0.39 is 0 Å². The van der Waals surface area contributed by atoms with E-state index in [0.717, 1.165) is 51.9 Å². The van der Waals surface area contributed by atoms with E-state index >= 15 is 0 Å². The van der Waals surface area contributed by atoms with Crippen LogP contribution in [0.4, 0.5) is 0 Å². The number of hydrogen-bond acceptors (Lipinski definition) is 3. The molecule has 0 aromatic rings. The Kier molecular flexibility index (Phi) is 5.48. The summed E-state index contributed by atoms with van der Waals surface area (Å²) in [5.74, 6) is 0.955. The molecule has 2 rings (SSSR count). The molecule has 0 aromatic heterocycles. The third kappa shape index (κ3) is 4.00. The molecular weight excluding hydrogens is 278 g/mol. The number of piperidine rings is 1. The first kappa shape index (κ1) is 17.3. The highest BCUT2D eigenvalue weighted by Gasteiger charge is 2.44. The standard InChI is InChI=1S/C17H31N3O2/c1-5-19(4)13(2)15(21)20-10-6-14(7-11-20)12-18-16(22)17(3)8-9-17/h13-14H,5-12H2,1-4H3,(H,18,22). The normalized spacial score (nSPS) is 22.5. The summed E-state index contributed by atoms with van der Waals surface area (Å²) in [6.07, 6.45) is 4.03. The molecule has 2 aliphatic rings. The molecule has 1 saturated heterocycles. The fourth-order valence-corrected chi connectivity index (χ4v) is 2.95. The number of likely N-dealkylation sites (N-methyl/N-ethyl adjacent to an activating group) is 1. The Hall–Kier alpha value is -1.10. The van der Waals surface area contributed by atoms with Gasteiger partial charge in [0.1, 0.15) is 0 Å². The molecule has 0 radical (unpaired) electrons. The molecule has 1 aliphatic carbocycles. The van der Waals surface area contributed by atoms with E-state index in [4.69, 9.17) is 0 Å². The summed E-state index contributed by atoms with van der Waals surface area (Å²) in [6.45, 7) is 9.37. The molecule has 1 atom stereocenters. The first-order chi connectivity index (χ1) is 10.4. The monoisotopic (exact) mass is 309 g/mol. The van der Waals surface area contributed by atoms with Crippen LogP contribution >= 0.6 is 0 Å². The number of rotatable bonds is 6. The molecule has 5 nitrogen and oxygen atoms in total. The van der Waals surface area contributed by atoms with Crippen LogP contribution in [0.15, 0.2) is 0 Å². The molecule has 2 amide bonds. The Bertz CT molecular complexity index is 412. The van der Waals surface area contributed by atoms with Crippen LogP contribution in [0.25, 0.3) is 0 Å². The smallest absolute Gasteiger partial charge is 0.239 e. The van der Waals surface area contributed by atoms with Crippen molar-refractivity contribution in [2.24, 2.45) is 11.3 Å². The topological polar surface area (TPSA) is 52.7 Å². The second-order valence-electron chi connectivity index (χ2n) is 7.29. The summed E-state index contributed by atoms with van der Waals surface area (Å²) >= 11 is 0. The van der Waals surface area contributed by atoms with Gasteiger partial charge in [-0.3, -0.25) is 14.5 Å². The number of nitrogens with one attached hydrogen (secondary N) is 1. The molecule has 1 aliphatic heterocycles. The van der Waals surface area contributed by atoms with Crippen LogP contribution in [0, 0.1) is 11.3 Å². The van der Waals surface area contributed by atoms with E-state index in [1.165, 1.54) is 0 Å². The van der Waals surface area contributed by atoms with Crippen molar-refractivity contribution in [1.29, 1.82) is 0 Å². The number of nitrogens with zero attached hydrogens (tertiary/aromatic N) is 2. The largest absolute Gasteiger partial charge is 0.355 e. The SMILES string of the molecule is CCN(C)C(C)C(=O)N1CCC(CNC(=O)C2(C)CC2)CC1. The van der Waals surface area contributed by atoms with Crippen molar-refractivity contribution in [3.05, 3.63) is 0 Å². The second kappa shape index (κ2) is 6.99. The lowest BCUT2D eigenvalue weighted by Gasteiger charge is -2.35. The summed E-state index contributed by atoms with van der Waals surface area (Å²) < 4.78 is 0. The van der Waals surface area contributed by atoms with E-state index in [0.29, 0.717) is 5.92 Å². The molecule has 0 aromatic carbocycles. The van der Waals surface area contributed by atoms with Gasteiger partial charge in [-0.25, -0.2) is 0 Å². The maximum absolute atomic E-state index is 12.4. The highest BCUT2D eigenvalue weighted by atomic mass is 16.2. The molecule has 1 heterocycles. The minimum atomic E-state index is -0.0865. The molecule has 0 spiro atoms. The number of carbonyl (C=O) groups is 2.